The fraction of sp³-hybridized carbons (Fsp3) is 0.261. The summed E-state index contributed by atoms with van der Waals surface area (Å²) in [6.45, 7) is 1.68. The monoisotopic (exact) mass is 391 g/mol. The number of benzene rings is 2. The molecule has 1 amide bonds. The van der Waals surface area contributed by atoms with Crippen molar-refractivity contribution in [1.82, 2.24) is 9.97 Å². The van der Waals surface area contributed by atoms with Crippen LogP contribution in [0.5, 0.6) is 0 Å². The molecule has 4 rings (SSSR count). The largest absolute Gasteiger partial charge is 0.326 e. The number of carbonyl (C=O) groups excluding carboxylic acids is 1. The molecule has 0 radical (unpaired) electrons. The van der Waals surface area contributed by atoms with Crippen molar-refractivity contribution in [2.45, 2.75) is 32.6 Å². The van der Waals surface area contributed by atoms with E-state index < -0.39 is 0 Å². The Morgan fingerprint density at radius 1 is 1.14 bits per heavy atom. The topological polar surface area (TPSA) is 74.8 Å². The number of amides is 1. The Morgan fingerprint density at radius 2 is 1.90 bits per heavy atom. The van der Waals surface area contributed by atoms with E-state index in [-0.39, 0.29) is 23.2 Å². The van der Waals surface area contributed by atoms with Crippen molar-refractivity contribution in [3.05, 3.63) is 81.5 Å². The van der Waals surface area contributed by atoms with Crippen molar-refractivity contribution in [1.29, 1.82) is 0 Å². The van der Waals surface area contributed by atoms with Gasteiger partial charge in [0.05, 0.1) is 5.69 Å². The van der Waals surface area contributed by atoms with E-state index in [1.807, 2.05) is 30.3 Å². The minimum absolute atomic E-state index is 0.143. The molecule has 1 atom stereocenters. The van der Waals surface area contributed by atoms with E-state index in [1.54, 1.807) is 19.1 Å². The predicted octanol–water partition coefficient (Wildman–Crippen LogP) is 4.02. The first-order valence-electron chi connectivity index (χ1n) is 9.76. The summed E-state index contributed by atoms with van der Waals surface area (Å²) in [5.41, 5.74) is 3.10. The molecule has 0 fully saturated rings. The van der Waals surface area contributed by atoms with Crippen LogP contribution in [-0.2, 0) is 17.6 Å². The van der Waals surface area contributed by atoms with Crippen LogP contribution in [0.3, 0.4) is 0 Å². The van der Waals surface area contributed by atoms with E-state index in [0.29, 0.717) is 48.3 Å². The van der Waals surface area contributed by atoms with Gasteiger partial charge in [0, 0.05) is 22.7 Å². The lowest BCUT2D eigenvalue weighted by Crippen LogP contribution is -2.23. The molecule has 0 saturated carbocycles. The summed E-state index contributed by atoms with van der Waals surface area (Å²) in [4.78, 5) is 32.8. The van der Waals surface area contributed by atoms with E-state index in [0.717, 1.165) is 11.3 Å². The van der Waals surface area contributed by atoms with Crippen molar-refractivity contribution >= 4 is 11.6 Å². The molecule has 5 nitrogen and oxygen atoms in total. The first-order valence-corrected chi connectivity index (χ1v) is 9.76. The van der Waals surface area contributed by atoms with Gasteiger partial charge < -0.3 is 10.3 Å². The lowest BCUT2D eigenvalue weighted by atomic mass is 9.98. The summed E-state index contributed by atoms with van der Waals surface area (Å²) in [5, 5.41) is 2.80. The van der Waals surface area contributed by atoms with E-state index in [1.165, 1.54) is 6.07 Å². The highest BCUT2D eigenvalue weighted by Gasteiger charge is 2.25. The van der Waals surface area contributed by atoms with E-state index >= 15 is 0 Å². The van der Waals surface area contributed by atoms with E-state index in [9.17, 15) is 14.0 Å². The number of carbonyl (C=O) groups is 1. The second-order valence-electron chi connectivity index (χ2n) is 7.43. The molecule has 1 unspecified atom stereocenters. The summed E-state index contributed by atoms with van der Waals surface area (Å²) >= 11 is 0. The van der Waals surface area contributed by atoms with Crippen molar-refractivity contribution < 1.29 is 9.18 Å². The number of fused-ring (bicyclic) bond motifs is 1. The molecule has 1 aromatic heterocycles. The molecule has 6 heteroatoms. The summed E-state index contributed by atoms with van der Waals surface area (Å²) in [5.74, 6) is -0.207. The van der Waals surface area contributed by atoms with Gasteiger partial charge in [0.1, 0.15) is 11.6 Å². The van der Waals surface area contributed by atoms with Gasteiger partial charge in [0.25, 0.3) is 5.56 Å². The lowest BCUT2D eigenvalue weighted by Gasteiger charge is -2.14. The number of hydrogen-bond donors (Lipinski definition) is 2. The van der Waals surface area contributed by atoms with Crippen LogP contribution in [0.15, 0.2) is 53.3 Å². The molecule has 1 aliphatic rings. The van der Waals surface area contributed by atoms with Crippen LogP contribution in [0.1, 0.15) is 29.7 Å². The Balaban J connectivity index is 1.51. The first-order chi connectivity index (χ1) is 14.0. The maximum absolute atomic E-state index is 13.7. The Labute approximate surface area is 168 Å². The number of aryl methyl sites for hydroxylation is 2. The Kier molecular flexibility index (Phi) is 5.25. The second kappa shape index (κ2) is 7.99. The smallest absolute Gasteiger partial charge is 0.254 e. The highest BCUT2D eigenvalue weighted by atomic mass is 19.1. The Bertz CT molecular complexity index is 1110. The minimum atomic E-state index is -0.347. The van der Waals surface area contributed by atoms with Gasteiger partial charge in [-0.05, 0) is 50.3 Å². The van der Waals surface area contributed by atoms with E-state index in [2.05, 4.69) is 15.3 Å². The number of H-pyrrole nitrogens is 1. The number of rotatable bonds is 3. The summed E-state index contributed by atoms with van der Waals surface area (Å²) in [6.07, 6.45) is 2.20. The van der Waals surface area contributed by atoms with Gasteiger partial charge in [-0.15, -0.1) is 0 Å². The normalized spacial score (nSPS) is 16.0. The van der Waals surface area contributed by atoms with Crippen LogP contribution < -0.4 is 10.9 Å². The molecular weight excluding hydrogens is 369 g/mol. The molecule has 2 N–H and O–H groups in total. The summed E-state index contributed by atoms with van der Waals surface area (Å²) < 4.78 is 13.7. The zero-order chi connectivity index (χ0) is 20.4. The van der Waals surface area contributed by atoms with Gasteiger partial charge in [-0.25, -0.2) is 9.37 Å². The molecule has 29 heavy (non-hydrogen) atoms. The predicted molar refractivity (Wildman–Crippen MR) is 110 cm³/mol. The van der Waals surface area contributed by atoms with Gasteiger partial charge in [-0.2, -0.15) is 0 Å². The third kappa shape index (κ3) is 4.11. The van der Waals surface area contributed by atoms with Crippen molar-refractivity contribution in [2.24, 2.45) is 5.92 Å². The van der Waals surface area contributed by atoms with Gasteiger partial charge in [-0.1, -0.05) is 36.4 Å². The number of halogens is 1. The minimum Gasteiger partial charge on any atom is -0.326 e. The molecule has 0 saturated heterocycles. The fourth-order valence-electron chi connectivity index (χ4n) is 3.69. The van der Waals surface area contributed by atoms with Crippen LogP contribution in [0.4, 0.5) is 10.1 Å². The zero-order valence-corrected chi connectivity index (χ0v) is 16.2. The number of aromatic amines is 1. The van der Waals surface area contributed by atoms with Crippen LogP contribution in [0.2, 0.25) is 0 Å². The number of nitrogens with zero attached hydrogens (tertiary/aromatic N) is 1. The fourth-order valence-corrected chi connectivity index (χ4v) is 3.69. The van der Waals surface area contributed by atoms with Crippen LogP contribution in [-0.4, -0.2) is 15.9 Å². The molecule has 3 aromatic rings. The average molecular weight is 391 g/mol. The second-order valence-corrected chi connectivity index (χ2v) is 7.43. The SMILES string of the molecule is Cc1ccc(NC(=O)C2CCc3nc(-c4ccccc4)[nH]c(=O)c3CC2)cc1F. The maximum atomic E-state index is 13.7. The molecule has 1 aliphatic carbocycles. The maximum Gasteiger partial charge on any atom is 0.254 e. The Morgan fingerprint density at radius 3 is 2.66 bits per heavy atom. The summed E-state index contributed by atoms with van der Waals surface area (Å²) in [7, 11) is 0. The number of anilines is 1. The molecule has 2 aromatic carbocycles. The van der Waals surface area contributed by atoms with Gasteiger partial charge >= 0.3 is 0 Å². The molecule has 1 heterocycles. The highest BCUT2D eigenvalue weighted by Crippen LogP contribution is 2.25. The van der Waals surface area contributed by atoms with Gasteiger partial charge in [0.2, 0.25) is 5.91 Å². The third-order valence-electron chi connectivity index (χ3n) is 5.43. The van der Waals surface area contributed by atoms with Crippen LogP contribution >= 0.6 is 0 Å². The molecule has 148 valence electrons. The van der Waals surface area contributed by atoms with Crippen LogP contribution in [0, 0.1) is 18.7 Å². The number of nitrogens with one attached hydrogen (secondary N) is 2. The average Bonchev–Trinajstić information content (AvgIpc) is 2.94. The highest BCUT2D eigenvalue weighted by molar-refractivity contribution is 5.92. The van der Waals surface area contributed by atoms with Gasteiger partial charge in [-0.3, -0.25) is 9.59 Å². The molecule has 0 spiro atoms. The van der Waals surface area contributed by atoms with Gasteiger partial charge in [0.15, 0.2) is 0 Å². The third-order valence-corrected chi connectivity index (χ3v) is 5.43. The summed E-state index contributed by atoms with van der Waals surface area (Å²) in [6, 6.07) is 14.2. The lowest BCUT2D eigenvalue weighted by molar-refractivity contribution is -0.120. The van der Waals surface area contributed by atoms with Crippen LogP contribution in [0.25, 0.3) is 11.4 Å². The Hall–Kier alpha value is -3.28. The first kappa shape index (κ1) is 19.1. The number of hydrogen-bond acceptors (Lipinski definition) is 3. The van der Waals surface area contributed by atoms with Crippen molar-refractivity contribution in [3.63, 3.8) is 0 Å². The van der Waals surface area contributed by atoms with Crippen molar-refractivity contribution in [2.75, 3.05) is 5.32 Å². The molecule has 0 bridgehead atoms. The number of aromatic nitrogens is 2. The quantitative estimate of drug-likeness (QED) is 0.662. The molecular formula is C23H22FN3O2. The zero-order valence-electron chi connectivity index (χ0n) is 16.2. The van der Waals surface area contributed by atoms with E-state index in [4.69, 9.17) is 0 Å². The van der Waals surface area contributed by atoms with Crippen molar-refractivity contribution in [3.8, 4) is 11.4 Å². The standard InChI is InChI=1S/C23H22FN3O2/c1-14-7-10-17(13-19(14)24)25-22(28)16-8-11-18-20(12-9-16)26-21(27-23(18)29)15-5-3-2-4-6-15/h2-7,10,13,16H,8-9,11-12H2,1H3,(H,25,28)(H,26,27,29). The molecule has 0 aliphatic heterocycles.